The van der Waals surface area contributed by atoms with Gasteiger partial charge in [-0.05, 0) is 17.7 Å². The van der Waals surface area contributed by atoms with Crippen LogP contribution in [0.4, 0.5) is 6.01 Å². The summed E-state index contributed by atoms with van der Waals surface area (Å²) in [7, 11) is 0. The Labute approximate surface area is 74.2 Å². The summed E-state index contributed by atoms with van der Waals surface area (Å²) in [5.41, 5.74) is 7.69. The first-order valence-corrected chi connectivity index (χ1v) is 3.76. The molecule has 0 aliphatic carbocycles. The number of hydrogen-bond donors (Lipinski definition) is 2. The van der Waals surface area contributed by atoms with Crippen molar-refractivity contribution in [3.8, 4) is 0 Å². The van der Waals surface area contributed by atoms with Gasteiger partial charge in [0.2, 0.25) is 0 Å². The maximum atomic E-state index is 5.38. The van der Waals surface area contributed by atoms with Gasteiger partial charge in [-0.25, -0.2) is 5.90 Å². The third kappa shape index (κ3) is 1.47. The second-order valence-electron chi connectivity index (χ2n) is 2.67. The summed E-state index contributed by atoms with van der Waals surface area (Å²) in [6, 6.07) is 5.62. The van der Waals surface area contributed by atoms with E-state index in [2.05, 4.69) is 9.82 Å². The largest absolute Gasteiger partial charge is 0.424 e. The van der Waals surface area contributed by atoms with Crippen LogP contribution in [-0.2, 0) is 11.4 Å². The number of oxazole rings is 1. The second-order valence-corrected chi connectivity index (χ2v) is 2.67. The van der Waals surface area contributed by atoms with Gasteiger partial charge in [-0.15, -0.1) is 0 Å². The summed E-state index contributed by atoms with van der Waals surface area (Å²) >= 11 is 0. The van der Waals surface area contributed by atoms with Gasteiger partial charge in [0.15, 0.2) is 5.58 Å². The predicted molar refractivity (Wildman–Crippen MR) is 47.4 cm³/mol. The number of nitrogens with two attached hydrogens (primary N) is 2. The SMILES string of the molecule is NOCc1ccc2oc(N)nc2c1. The van der Waals surface area contributed by atoms with Gasteiger partial charge in [0.05, 0.1) is 6.61 Å². The number of aromatic nitrogens is 1. The molecule has 2 rings (SSSR count). The van der Waals surface area contributed by atoms with Crippen molar-refractivity contribution < 1.29 is 9.25 Å². The maximum Gasteiger partial charge on any atom is 0.292 e. The quantitative estimate of drug-likeness (QED) is 0.666. The van der Waals surface area contributed by atoms with E-state index >= 15 is 0 Å². The molecule has 13 heavy (non-hydrogen) atoms. The Balaban J connectivity index is 2.48. The number of rotatable bonds is 2. The van der Waals surface area contributed by atoms with Crippen LogP contribution < -0.4 is 11.6 Å². The molecular formula is C8H9N3O2. The average molecular weight is 179 g/mol. The zero-order chi connectivity index (χ0) is 9.26. The Bertz CT molecular complexity index is 424. The van der Waals surface area contributed by atoms with Gasteiger partial charge in [0.1, 0.15) is 5.52 Å². The third-order valence-electron chi connectivity index (χ3n) is 1.72. The zero-order valence-electron chi connectivity index (χ0n) is 6.86. The van der Waals surface area contributed by atoms with E-state index in [0.717, 1.165) is 5.56 Å². The van der Waals surface area contributed by atoms with E-state index in [-0.39, 0.29) is 6.01 Å². The summed E-state index contributed by atoms with van der Waals surface area (Å²) in [6.45, 7) is 0.350. The van der Waals surface area contributed by atoms with Crippen LogP contribution in [0.15, 0.2) is 22.6 Å². The fourth-order valence-electron chi connectivity index (χ4n) is 1.18. The molecule has 0 fully saturated rings. The average Bonchev–Trinajstić information content (AvgIpc) is 2.44. The molecule has 0 amide bonds. The van der Waals surface area contributed by atoms with E-state index < -0.39 is 0 Å². The number of anilines is 1. The summed E-state index contributed by atoms with van der Waals surface area (Å²) in [5.74, 6) is 4.94. The lowest BCUT2D eigenvalue weighted by atomic mass is 10.2. The van der Waals surface area contributed by atoms with Crippen LogP contribution in [0.25, 0.3) is 11.1 Å². The molecule has 5 nitrogen and oxygen atoms in total. The van der Waals surface area contributed by atoms with E-state index in [0.29, 0.717) is 17.7 Å². The molecule has 1 heterocycles. The standard InChI is InChI=1S/C8H9N3O2/c9-8-11-6-3-5(4-12-10)1-2-7(6)13-8/h1-3H,4,10H2,(H2,9,11). The fraction of sp³-hybridized carbons (Fsp3) is 0.125. The number of nitrogens with zero attached hydrogens (tertiary/aromatic N) is 1. The molecule has 1 aromatic carbocycles. The summed E-state index contributed by atoms with van der Waals surface area (Å²) < 4.78 is 5.10. The molecule has 4 N–H and O–H groups in total. The molecule has 0 atom stereocenters. The van der Waals surface area contributed by atoms with Crippen LogP contribution in [0.5, 0.6) is 0 Å². The molecule has 1 aromatic heterocycles. The monoisotopic (exact) mass is 179 g/mol. The topological polar surface area (TPSA) is 87.3 Å². The minimum Gasteiger partial charge on any atom is -0.424 e. The van der Waals surface area contributed by atoms with Gasteiger partial charge in [0.25, 0.3) is 6.01 Å². The van der Waals surface area contributed by atoms with Gasteiger partial charge >= 0.3 is 0 Å². The van der Waals surface area contributed by atoms with Crippen molar-refractivity contribution in [1.29, 1.82) is 0 Å². The molecule has 0 spiro atoms. The second kappa shape index (κ2) is 3.04. The summed E-state index contributed by atoms with van der Waals surface area (Å²) in [4.78, 5) is 8.46. The van der Waals surface area contributed by atoms with Crippen LogP contribution >= 0.6 is 0 Å². The van der Waals surface area contributed by atoms with Crippen LogP contribution in [0.1, 0.15) is 5.56 Å². The fourth-order valence-corrected chi connectivity index (χ4v) is 1.18. The van der Waals surface area contributed by atoms with Gasteiger partial charge in [-0.1, -0.05) is 6.07 Å². The third-order valence-corrected chi connectivity index (χ3v) is 1.72. The van der Waals surface area contributed by atoms with E-state index in [1.165, 1.54) is 0 Å². The Morgan fingerprint density at radius 1 is 1.46 bits per heavy atom. The van der Waals surface area contributed by atoms with Crippen molar-refractivity contribution in [3.63, 3.8) is 0 Å². The first-order chi connectivity index (χ1) is 6.29. The highest BCUT2D eigenvalue weighted by Crippen LogP contribution is 2.18. The zero-order valence-corrected chi connectivity index (χ0v) is 6.86. The van der Waals surface area contributed by atoms with E-state index in [4.69, 9.17) is 16.0 Å². The minimum absolute atomic E-state index is 0.167. The van der Waals surface area contributed by atoms with Crippen molar-refractivity contribution in [3.05, 3.63) is 23.8 Å². The van der Waals surface area contributed by atoms with Gasteiger partial charge in [-0.2, -0.15) is 4.98 Å². The lowest BCUT2D eigenvalue weighted by molar-refractivity contribution is 0.124. The number of fused-ring (bicyclic) bond motifs is 1. The van der Waals surface area contributed by atoms with Crippen molar-refractivity contribution in [2.75, 3.05) is 5.73 Å². The lowest BCUT2D eigenvalue weighted by Gasteiger charge is -1.96. The van der Waals surface area contributed by atoms with Crippen molar-refractivity contribution >= 4 is 17.1 Å². The smallest absolute Gasteiger partial charge is 0.292 e. The Hall–Kier alpha value is -1.59. The van der Waals surface area contributed by atoms with E-state index in [9.17, 15) is 0 Å². The first kappa shape index (κ1) is 8.03. The Kier molecular flexibility index (Phi) is 1.88. The van der Waals surface area contributed by atoms with Gasteiger partial charge in [-0.3, -0.25) is 4.84 Å². The molecule has 0 saturated heterocycles. The first-order valence-electron chi connectivity index (χ1n) is 3.76. The van der Waals surface area contributed by atoms with Crippen LogP contribution in [0, 0.1) is 0 Å². The van der Waals surface area contributed by atoms with Crippen LogP contribution in [-0.4, -0.2) is 4.98 Å². The number of hydrogen-bond acceptors (Lipinski definition) is 5. The maximum absolute atomic E-state index is 5.38. The minimum atomic E-state index is 0.167. The van der Waals surface area contributed by atoms with E-state index in [1.54, 1.807) is 6.07 Å². The Morgan fingerprint density at radius 2 is 2.31 bits per heavy atom. The molecule has 0 radical (unpaired) electrons. The highest BCUT2D eigenvalue weighted by molar-refractivity contribution is 5.74. The molecule has 0 aliphatic rings. The van der Waals surface area contributed by atoms with E-state index in [1.807, 2.05) is 12.1 Å². The highest BCUT2D eigenvalue weighted by atomic mass is 16.6. The Morgan fingerprint density at radius 3 is 3.08 bits per heavy atom. The van der Waals surface area contributed by atoms with Crippen molar-refractivity contribution in [2.45, 2.75) is 6.61 Å². The molecular weight excluding hydrogens is 170 g/mol. The van der Waals surface area contributed by atoms with Crippen molar-refractivity contribution in [2.24, 2.45) is 5.90 Å². The van der Waals surface area contributed by atoms with Gasteiger partial charge in [0, 0.05) is 0 Å². The normalized spacial score (nSPS) is 10.8. The molecule has 5 heteroatoms. The molecule has 0 unspecified atom stereocenters. The predicted octanol–water partition coefficient (Wildman–Crippen LogP) is 0.800. The molecule has 68 valence electrons. The molecule has 2 aromatic rings. The number of benzene rings is 1. The molecule has 0 aliphatic heterocycles. The van der Waals surface area contributed by atoms with Crippen LogP contribution in [0.2, 0.25) is 0 Å². The van der Waals surface area contributed by atoms with Gasteiger partial charge < -0.3 is 10.2 Å². The lowest BCUT2D eigenvalue weighted by Crippen LogP contribution is -1.98. The van der Waals surface area contributed by atoms with Crippen molar-refractivity contribution in [1.82, 2.24) is 4.98 Å². The molecule has 0 saturated carbocycles. The molecule has 0 bridgehead atoms. The summed E-state index contributed by atoms with van der Waals surface area (Å²) in [6.07, 6.45) is 0. The highest BCUT2D eigenvalue weighted by Gasteiger charge is 2.02. The van der Waals surface area contributed by atoms with Crippen LogP contribution in [0.3, 0.4) is 0 Å². The number of nitrogen functional groups attached to an aromatic ring is 1. The summed E-state index contributed by atoms with van der Waals surface area (Å²) in [5, 5.41) is 0.